The highest BCUT2D eigenvalue weighted by Crippen LogP contribution is 2.36. The molecule has 0 saturated carbocycles. The van der Waals surface area contributed by atoms with Gasteiger partial charge in [0.05, 0.1) is 13.7 Å². The van der Waals surface area contributed by atoms with Crippen LogP contribution in [0.4, 0.5) is 5.00 Å². The van der Waals surface area contributed by atoms with Crippen LogP contribution in [0.5, 0.6) is 0 Å². The first-order valence-corrected chi connectivity index (χ1v) is 9.29. The van der Waals surface area contributed by atoms with Crippen LogP contribution in [-0.4, -0.2) is 36.9 Å². The predicted octanol–water partition coefficient (Wildman–Crippen LogP) is 4.56. The molecule has 2 aromatic heterocycles. The lowest BCUT2D eigenvalue weighted by Gasteiger charge is -2.01. The van der Waals surface area contributed by atoms with Crippen molar-refractivity contribution in [3.8, 4) is 0 Å². The smallest absolute Gasteiger partial charge is 0.348 e. The number of ether oxygens (including phenoxy) is 2. The number of esters is 2. The van der Waals surface area contributed by atoms with E-state index in [2.05, 4.69) is 9.98 Å². The number of methoxy groups -OCH3 is 1. The van der Waals surface area contributed by atoms with Crippen molar-refractivity contribution in [3.05, 3.63) is 51.5 Å². The van der Waals surface area contributed by atoms with E-state index in [1.807, 2.05) is 31.2 Å². The number of fused-ring (bicyclic) bond motifs is 1. The summed E-state index contributed by atoms with van der Waals surface area (Å²) in [6.07, 6.45) is 1.71. The number of nitrogens with zero attached hydrogens (tertiary/aromatic N) is 1. The monoisotopic (exact) mass is 384 g/mol. The standard InChI is InChI=1S/C20H20N2O4S/c1-5-26-20(24)17-11(2)16(19(23)25-4)18(27-17)21-10-14-12(3)22-15-9-7-6-8-13(14)15/h6-10,22H,5H2,1-4H3/b21-10+. The first-order valence-electron chi connectivity index (χ1n) is 8.48. The van der Waals surface area contributed by atoms with Gasteiger partial charge in [-0.2, -0.15) is 0 Å². The van der Waals surface area contributed by atoms with Crippen molar-refractivity contribution in [1.82, 2.24) is 4.98 Å². The molecule has 0 fully saturated rings. The third-order valence-electron chi connectivity index (χ3n) is 4.23. The SMILES string of the molecule is CCOC(=O)c1sc(/N=C/c2c(C)[nH]c3ccccc23)c(C(=O)OC)c1C. The molecule has 0 aliphatic carbocycles. The zero-order valence-electron chi connectivity index (χ0n) is 15.6. The fourth-order valence-electron chi connectivity index (χ4n) is 2.91. The molecule has 0 amide bonds. The molecule has 7 heteroatoms. The minimum Gasteiger partial charge on any atom is -0.465 e. The quantitative estimate of drug-likeness (QED) is 0.516. The van der Waals surface area contributed by atoms with Gasteiger partial charge >= 0.3 is 11.9 Å². The fourth-order valence-corrected chi connectivity index (χ4v) is 3.95. The molecule has 0 aliphatic heterocycles. The number of carbonyl (C=O) groups is 2. The molecule has 1 aromatic carbocycles. The summed E-state index contributed by atoms with van der Waals surface area (Å²) >= 11 is 1.13. The number of aryl methyl sites for hydroxylation is 1. The van der Waals surface area contributed by atoms with E-state index in [4.69, 9.17) is 9.47 Å². The molecule has 0 spiro atoms. The van der Waals surface area contributed by atoms with Gasteiger partial charge in [-0.15, -0.1) is 11.3 Å². The first kappa shape index (κ1) is 18.8. The number of aromatic amines is 1. The van der Waals surface area contributed by atoms with E-state index in [1.165, 1.54) is 7.11 Å². The highest BCUT2D eigenvalue weighted by atomic mass is 32.1. The second-order valence-electron chi connectivity index (χ2n) is 5.92. The minimum atomic E-state index is -0.526. The van der Waals surface area contributed by atoms with E-state index in [-0.39, 0.29) is 6.61 Å². The summed E-state index contributed by atoms with van der Waals surface area (Å²) in [5.41, 5.74) is 3.73. The van der Waals surface area contributed by atoms with Gasteiger partial charge < -0.3 is 14.5 Å². The molecule has 0 radical (unpaired) electrons. The van der Waals surface area contributed by atoms with Gasteiger partial charge in [0.2, 0.25) is 0 Å². The summed E-state index contributed by atoms with van der Waals surface area (Å²) in [5, 5.41) is 1.46. The van der Waals surface area contributed by atoms with E-state index < -0.39 is 11.9 Å². The van der Waals surface area contributed by atoms with E-state index in [0.29, 0.717) is 21.0 Å². The van der Waals surface area contributed by atoms with Gasteiger partial charge in [0.1, 0.15) is 15.4 Å². The highest BCUT2D eigenvalue weighted by Gasteiger charge is 2.25. The maximum atomic E-state index is 12.2. The summed E-state index contributed by atoms with van der Waals surface area (Å²) in [7, 11) is 1.31. The normalized spacial score (nSPS) is 11.3. The Hall–Kier alpha value is -2.93. The van der Waals surface area contributed by atoms with Crippen molar-refractivity contribution in [2.75, 3.05) is 13.7 Å². The molecular weight excluding hydrogens is 364 g/mol. The highest BCUT2D eigenvalue weighted by molar-refractivity contribution is 7.18. The number of thiophene rings is 1. The molecule has 6 nitrogen and oxygen atoms in total. The third-order valence-corrected chi connectivity index (χ3v) is 5.41. The molecule has 0 saturated heterocycles. The molecule has 0 atom stereocenters. The van der Waals surface area contributed by atoms with Crippen LogP contribution in [0.25, 0.3) is 10.9 Å². The van der Waals surface area contributed by atoms with Crippen molar-refractivity contribution >= 4 is 45.4 Å². The van der Waals surface area contributed by atoms with Gasteiger partial charge in [-0.1, -0.05) is 18.2 Å². The molecule has 140 valence electrons. The molecule has 1 N–H and O–H groups in total. The number of hydrogen-bond acceptors (Lipinski definition) is 6. The lowest BCUT2D eigenvalue weighted by Crippen LogP contribution is -2.06. The van der Waals surface area contributed by atoms with E-state index in [9.17, 15) is 9.59 Å². The van der Waals surface area contributed by atoms with Crippen LogP contribution in [0.15, 0.2) is 29.3 Å². The lowest BCUT2D eigenvalue weighted by atomic mass is 10.1. The Morgan fingerprint density at radius 3 is 2.67 bits per heavy atom. The van der Waals surface area contributed by atoms with E-state index in [0.717, 1.165) is 33.5 Å². The summed E-state index contributed by atoms with van der Waals surface area (Å²) in [6, 6.07) is 7.92. The zero-order valence-corrected chi connectivity index (χ0v) is 16.4. The van der Waals surface area contributed by atoms with Crippen LogP contribution < -0.4 is 0 Å². The summed E-state index contributed by atoms with van der Waals surface area (Å²) in [6.45, 7) is 5.66. The number of H-pyrrole nitrogens is 1. The second-order valence-corrected chi connectivity index (χ2v) is 6.91. The van der Waals surface area contributed by atoms with Crippen LogP contribution in [0.3, 0.4) is 0 Å². The van der Waals surface area contributed by atoms with Crippen molar-refractivity contribution < 1.29 is 19.1 Å². The Labute approximate surface area is 160 Å². The average molecular weight is 384 g/mol. The second kappa shape index (κ2) is 7.75. The lowest BCUT2D eigenvalue weighted by molar-refractivity contribution is 0.0531. The zero-order chi connectivity index (χ0) is 19.6. The van der Waals surface area contributed by atoms with E-state index >= 15 is 0 Å². The van der Waals surface area contributed by atoms with Crippen molar-refractivity contribution in [2.45, 2.75) is 20.8 Å². The maximum absolute atomic E-state index is 12.2. The van der Waals surface area contributed by atoms with Gasteiger partial charge in [0, 0.05) is 28.4 Å². The van der Waals surface area contributed by atoms with Crippen LogP contribution >= 0.6 is 11.3 Å². The van der Waals surface area contributed by atoms with Crippen molar-refractivity contribution in [3.63, 3.8) is 0 Å². The Bertz CT molecular complexity index is 1050. The number of aromatic nitrogens is 1. The molecule has 3 aromatic rings. The predicted molar refractivity (Wildman–Crippen MR) is 107 cm³/mol. The van der Waals surface area contributed by atoms with Gasteiger partial charge in [-0.25, -0.2) is 14.6 Å². The Kier molecular flexibility index (Phi) is 5.41. The number of hydrogen-bond donors (Lipinski definition) is 1. The van der Waals surface area contributed by atoms with Crippen LogP contribution in [0, 0.1) is 13.8 Å². The van der Waals surface area contributed by atoms with Crippen LogP contribution in [0.1, 0.15) is 43.8 Å². The molecule has 2 heterocycles. The summed E-state index contributed by atoms with van der Waals surface area (Å²) in [4.78, 5) is 32.6. The van der Waals surface area contributed by atoms with Gasteiger partial charge in [-0.05, 0) is 32.4 Å². The average Bonchev–Trinajstić information content (AvgIpc) is 3.15. The Morgan fingerprint density at radius 1 is 1.22 bits per heavy atom. The van der Waals surface area contributed by atoms with Gasteiger partial charge in [0.15, 0.2) is 0 Å². The molecule has 0 unspecified atom stereocenters. The topological polar surface area (TPSA) is 80.8 Å². The number of benzene rings is 1. The number of aliphatic imine (C=N–C) groups is 1. The number of carbonyl (C=O) groups excluding carboxylic acids is 2. The fraction of sp³-hybridized carbons (Fsp3) is 0.250. The summed E-state index contributed by atoms with van der Waals surface area (Å²) < 4.78 is 9.96. The maximum Gasteiger partial charge on any atom is 0.348 e. The van der Waals surface area contributed by atoms with Gasteiger partial charge in [0.25, 0.3) is 0 Å². The van der Waals surface area contributed by atoms with Gasteiger partial charge in [-0.3, -0.25) is 0 Å². The minimum absolute atomic E-state index is 0.261. The Morgan fingerprint density at radius 2 is 1.96 bits per heavy atom. The molecule has 0 aliphatic rings. The molecule has 0 bridgehead atoms. The summed E-state index contributed by atoms with van der Waals surface area (Å²) in [5.74, 6) is -0.989. The number of nitrogens with one attached hydrogen (secondary N) is 1. The molecular formula is C20H20N2O4S. The molecule has 27 heavy (non-hydrogen) atoms. The van der Waals surface area contributed by atoms with Crippen molar-refractivity contribution in [1.29, 1.82) is 0 Å². The first-order chi connectivity index (χ1) is 13.0. The van der Waals surface area contributed by atoms with Crippen LogP contribution in [-0.2, 0) is 9.47 Å². The number of rotatable bonds is 5. The molecule has 3 rings (SSSR count). The Balaban J connectivity index is 2.08. The van der Waals surface area contributed by atoms with Crippen molar-refractivity contribution in [2.24, 2.45) is 4.99 Å². The van der Waals surface area contributed by atoms with Crippen LogP contribution in [0.2, 0.25) is 0 Å². The van der Waals surface area contributed by atoms with E-state index in [1.54, 1.807) is 20.1 Å². The largest absolute Gasteiger partial charge is 0.465 e. The number of para-hydroxylation sites is 1. The third kappa shape index (κ3) is 3.50.